The molecule has 0 rings (SSSR count). The molecule has 5 heteroatoms. The fraction of sp³-hybridized carbons (Fsp3) is 0.692. The van der Waals surface area contributed by atoms with Crippen molar-refractivity contribution in [2.24, 2.45) is 5.73 Å². The number of hydrogen-bond acceptors (Lipinski definition) is 5. The number of ether oxygens (including phenoxy) is 2. The zero-order valence-electron chi connectivity index (χ0n) is 12.0. The molecular formula is C13H23NO4. The first kappa shape index (κ1) is 16.6. The van der Waals surface area contributed by atoms with Gasteiger partial charge in [0, 0.05) is 0 Å². The van der Waals surface area contributed by atoms with Crippen LogP contribution in [0.1, 0.15) is 41.5 Å². The molecule has 0 aromatic heterocycles. The van der Waals surface area contributed by atoms with E-state index < -0.39 is 28.7 Å². The van der Waals surface area contributed by atoms with E-state index in [1.165, 1.54) is 0 Å². The Kier molecular flexibility index (Phi) is 4.71. The number of carbonyl (C=O) groups excluding carboxylic acids is 2. The fourth-order valence-corrected chi connectivity index (χ4v) is 0.975. The van der Waals surface area contributed by atoms with Gasteiger partial charge in [-0.1, -0.05) is 0 Å². The molecule has 0 saturated carbocycles. The number of esters is 2. The summed E-state index contributed by atoms with van der Waals surface area (Å²) in [6, 6.07) is 0. The summed E-state index contributed by atoms with van der Waals surface area (Å²) in [4.78, 5) is 23.8. The normalized spacial score (nSPS) is 12.8. The van der Waals surface area contributed by atoms with Crippen LogP contribution in [0.25, 0.3) is 0 Å². The van der Waals surface area contributed by atoms with Gasteiger partial charge in [0.2, 0.25) is 5.54 Å². The van der Waals surface area contributed by atoms with Crippen molar-refractivity contribution in [1.29, 1.82) is 0 Å². The summed E-state index contributed by atoms with van der Waals surface area (Å²) in [7, 11) is 0. The summed E-state index contributed by atoms with van der Waals surface area (Å²) in [6.07, 6.45) is 1.04. The Balaban J connectivity index is 5.07. The Morgan fingerprint density at radius 2 is 1.22 bits per heavy atom. The highest BCUT2D eigenvalue weighted by Gasteiger charge is 2.45. The second-order valence-electron chi connectivity index (χ2n) is 6.08. The van der Waals surface area contributed by atoms with Gasteiger partial charge in [-0.3, -0.25) is 0 Å². The second-order valence-corrected chi connectivity index (χ2v) is 6.08. The minimum atomic E-state index is -1.99. The van der Waals surface area contributed by atoms with Crippen molar-refractivity contribution >= 4 is 11.9 Å². The Morgan fingerprint density at radius 1 is 0.944 bits per heavy atom. The molecule has 0 bridgehead atoms. The zero-order chi connectivity index (χ0) is 14.8. The van der Waals surface area contributed by atoms with E-state index in [2.05, 4.69) is 6.58 Å². The van der Waals surface area contributed by atoms with E-state index in [9.17, 15) is 9.59 Å². The van der Waals surface area contributed by atoms with Crippen LogP contribution in [0.5, 0.6) is 0 Å². The van der Waals surface area contributed by atoms with Gasteiger partial charge in [0.25, 0.3) is 0 Å². The number of nitrogens with two attached hydrogens (primary N) is 1. The monoisotopic (exact) mass is 257 g/mol. The van der Waals surface area contributed by atoms with Crippen LogP contribution in [0.2, 0.25) is 0 Å². The SMILES string of the molecule is C=CC(N)(C(=O)OC(C)(C)C)C(=O)OC(C)(C)C. The van der Waals surface area contributed by atoms with Crippen molar-refractivity contribution in [3.63, 3.8) is 0 Å². The van der Waals surface area contributed by atoms with Crippen molar-refractivity contribution in [3.8, 4) is 0 Å². The van der Waals surface area contributed by atoms with E-state index in [1.54, 1.807) is 41.5 Å². The molecule has 104 valence electrons. The van der Waals surface area contributed by atoms with Gasteiger partial charge in [-0.05, 0) is 47.6 Å². The molecule has 0 saturated heterocycles. The summed E-state index contributed by atoms with van der Waals surface area (Å²) < 4.78 is 10.2. The Hall–Kier alpha value is -1.36. The van der Waals surface area contributed by atoms with Crippen LogP contribution in [-0.4, -0.2) is 28.7 Å². The standard InChI is InChI=1S/C13H23NO4/c1-8-13(14,9(15)17-11(2,3)4)10(16)18-12(5,6)7/h8H,1,14H2,2-7H3. The third-order valence-corrected chi connectivity index (χ3v) is 1.80. The summed E-state index contributed by atoms with van der Waals surface area (Å²) in [5.74, 6) is -1.75. The fourth-order valence-electron chi connectivity index (χ4n) is 0.975. The van der Waals surface area contributed by atoms with Crippen LogP contribution in [0.4, 0.5) is 0 Å². The van der Waals surface area contributed by atoms with Crippen molar-refractivity contribution in [2.45, 2.75) is 58.3 Å². The first-order valence-electron chi connectivity index (χ1n) is 5.71. The van der Waals surface area contributed by atoms with Crippen molar-refractivity contribution in [3.05, 3.63) is 12.7 Å². The molecule has 0 aliphatic rings. The van der Waals surface area contributed by atoms with Gasteiger partial charge in [0.05, 0.1) is 0 Å². The van der Waals surface area contributed by atoms with Crippen LogP contribution in [0.15, 0.2) is 12.7 Å². The van der Waals surface area contributed by atoms with Gasteiger partial charge in [-0.2, -0.15) is 0 Å². The average molecular weight is 257 g/mol. The highest BCUT2D eigenvalue weighted by atomic mass is 16.6. The lowest BCUT2D eigenvalue weighted by molar-refractivity contribution is -0.173. The molecule has 0 fully saturated rings. The maximum atomic E-state index is 11.9. The van der Waals surface area contributed by atoms with E-state index in [0.29, 0.717) is 0 Å². The molecule has 0 heterocycles. The van der Waals surface area contributed by atoms with E-state index in [4.69, 9.17) is 15.2 Å². The lowest BCUT2D eigenvalue weighted by atomic mass is 10.0. The number of carbonyl (C=O) groups is 2. The molecule has 0 unspecified atom stereocenters. The van der Waals surface area contributed by atoms with Crippen molar-refractivity contribution in [2.75, 3.05) is 0 Å². The number of hydrogen-bond donors (Lipinski definition) is 1. The van der Waals surface area contributed by atoms with Gasteiger partial charge in [0.15, 0.2) is 0 Å². The highest BCUT2D eigenvalue weighted by Crippen LogP contribution is 2.18. The second kappa shape index (κ2) is 5.10. The van der Waals surface area contributed by atoms with Gasteiger partial charge in [-0.15, -0.1) is 6.58 Å². The van der Waals surface area contributed by atoms with E-state index in [1.807, 2.05) is 0 Å². The summed E-state index contributed by atoms with van der Waals surface area (Å²) >= 11 is 0. The van der Waals surface area contributed by atoms with Crippen LogP contribution in [0, 0.1) is 0 Å². The van der Waals surface area contributed by atoms with Crippen molar-refractivity contribution in [1.82, 2.24) is 0 Å². The third-order valence-electron chi connectivity index (χ3n) is 1.80. The molecular weight excluding hydrogens is 234 g/mol. The molecule has 0 aliphatic heterocycles. The highest BCUT2D eigenvalue weighted by molar-refractivity contribution is 6.07. The lowest BCUT2D eigenvalue weighted by Gasteiger charge is -2.30. The minimum Gasteiger partial charge on any atom is -0.458 e. The Labute approximate surface area is 108 Å². The summed E-state index contributed by atoms with van der Waals surface area (Å²) in [5.41, 5.74) is 2.26. The first-order chi connectivity index (χ1) is 7.82. The van der Waals surface area contributed by atoms with Gasteiger partial charge in [0.1, 0.15) is 11.2 Å². The van der Waals surface area contributed by atoms with Gasteiger partial charge in [-0.25, -0.2) is 9.59 Å². The average Bonchev–Trinajstić information content (AvgIpc) is 2.10. The Bertz CT molecular complexity index is 319. The van der Waals surface area contributed by atoms with Crippen molar-refractivity contribution < 1.29 is 19.1 Å². The smallest absolute Gasteiger partial charge is 0.342 e. The minimum absolute atomic E-state index is 0.743. The maximum Gasteiger partial charge on any atom is 0.342 e. The topological polar surface area (TPSA) is 78.6 Å². The molecule has 5 nitrogen and oxygen atoms in total. The molecule has 0 radical (unpaired) electrons. The first-order valence-corrected chi connectivity index (χ1v) is 5.71. The molecule has 0 spiro atoms. The Morgan fingerprint density at radius 3 is 1.39 bits per heavy atom. The van der Waals surface area contributed by atoms with E-state index in [-0.39, 0.29) is 0 Å². The van der Waals surface area contributed by atoms with E-state index >= 15 is 0 Å². The van der Waals surface area contributed by atoms with E-state index in [0.717, 1.165) is 6.08 Å². The maximum absolute atomic E-state index is 11.9. The van der Waals surface area contributed by atoms with Gasteiger partial charge >= 0.3 is 11.9 Å². The van der Waals surface area contributed by atoms with Crippen LogP contribution in [0.3, 0.4) is 0 Å². The predicted molar refractivity (Wildman–Crippen MR) is 68.8 cm³/mol. The van der Waals surface area contributed by atoms with Crippen LogP contribution < -0.4 is 5.73 Å². The summed E-state index contributed by atoms with van der Waals surface area (Å²) in [5, 5.41) is 0. The largest absolute Gasteiger partial charge is 0.458 e. The third kappa shape index (κ3) is 4.87. The predicted octanol–water partition coefficient (Wildman–Crippen LogP) is 1.55. The molecule has 18 heavy (non-hydrogen) atoms. The summed E-state index contributed by atoms with van der Waals surface area (Å²) in [6.45, 7) is 13.5. The van der Waals surface area contributed by atoms with Gasteiger partial charge < -0.3 is 15.2 Å². The van der Waals surface area contributed by atoms with Crippen LogP contribution >= 0.6 is 0 Å². The molecule has 2 N–H and O–H groups in total. The number of rotatable bonds is 3. The lowest BCUT2D eigenvalue weighted by Crippen LogP contribution is -2.57. The van der Waals surface area contributed by atoms with Crippen LogP contribution in [-0.2, 0) is 19.1 Å². The zero-order valence-corrected chi connectivity index (χ0v) is 12.0. The molecule has 0 aliphatic carbocycles. The quantitative estimate of drug-likeness (QED) is 0.471. The molecule has 0 aromatic rings. The molecule has 0 aromatic carbocycles. The molecule has 0 atom stereocenters. The molecule has 0 amide bonds.